The van der Waals surface area contributed by atoms with E-state index in [9.17, 15) is 28.8 Å². The van der Waals surface area contributed by atoms with Gasteiger partial charge in [-0.15, -0.1) is 10.2 Å². The van der Waals surface area contributed by atoms with E-state index in [1.165, 1.54) is 0 Å². The van der Waals surface area contributed by atoms with Gasteiger partial charge in [-0.2, -0.15) is 0 Å². The monoisotopic (exact) mass is 1000 g/mol. The maximum atomic E-state index is 14.3. The number of amides is 6. The van der Waals surface area contributed by atoms with E-state index in [-0.39, 0.29) is 47.5 Å². The Kier molecular flexibility index (Phi) is 18.0. The van der Waals surface area contributed by atoms with Gasteiger partial charge in [0, 0.05) is 12.1 Å². The summed E-state index contributed by atoms with van der Waals surface area (Å²) < 4.78 is 9.36. The molecule has 392 valence electrons. The van der Waals surface area contributed by atoms with Crippen LogP contribution in [0.1, 0.15) is 125 Å². The van der Waals surface area contributed by atoms with Gasteiger partial charge in [0.15, 0.2) is 0 Å². The number of hydrogen-bond acceptors (Lipinski definition) is 13. The number of nitrogens with zero attached hydrogens (tertiary/aromatic N) is 8. The third-order valence-corrected chi connectivity index (χ3v) is 15.0. The maximum absolute atomic E-state index is 14.3. The molecule has 6 heterocycles. The minimum atomic E-state index is -0.702. The number of hydrogen-bond donors (Lipinski definition) is 6. The predicted octanol–water partition coefficient (Wildman–Crippen LogP) is 2.05. The molecular weight excluding hydrogens is 933 g/mol. The molecule has 0 saturated carbocycles. The smallest absolute Gasteiger partial charge is 0.246 e. The Balaban J connectivity index is 0.868. The van der Waals surface area contributed by atoms with Crippen LogP contribution < -0.4 is 31.9 Å². The van der Waals surface area contributed by atoms with Gasteiger partial charge in [0.1, 0.15) is 35.6 Å². The van der Waals surface area contributed by atoms with Crippen molar-refractivity contribution in [1.82, 2.24) is 71.7 Å². The molecule has 21 nitrogen and oxygen atoms in total. The number of benzene rings is 2. The Morgan fingerprint density at radius 2 is 0.973 bits per heavy atom. The molecule has 4 aliphatic heterocycles. The summed E-state index contributed by atoms with van der Waals surface area (Å²) in [4.78, 5) is 85.9. The second kappa shape index (κ2) is 24.9. The zero-order chi connectivity index (χ0) is 51.4. The molecule has 6 amide bonds. The lowest BCUT2D eigenvalue weighted by Crippen LogP contribution is -2.58. The lowest BCUT2D eigenvalue weighted by atomic mass is 9.98. The van der Waals surface area contributed by atoms with Crippen LogP contribution in [0.15, 0.2) is 73.1 Å². The first kappa shape index (κ1) is 52.7. The van der Waals surface area contributed by atoms with Crippen LogP contribution in [0, 0.1) is 0 Å². The molecule has 4 fully saturated rings. The summed E-state index contributed by atoms with van der Waals surface area (Å²) in [6.45, 7) is 4.85. The van der Waals surface area contributed by atoms with Crippen LogP contribution >= 0.6 is 0 Å². The van der Waals surface area contributed by atoms with Crippen LogP contribution in [0.2, 0.25) is 0 Å². The molecular formula is C52H72N14O7. The van der Waals surface area contributed by atoms with Crippen molar-refractivity contribution >= 4 is 35.4 Å². The molecule has 4 saturated heterocycles. The number of fused-ring (bicyclic) bond motifs is 2. The number of likely N-dealkylation sites (N-methyl/N-ethyl adjacent to an activating group) is 2. The number of rotatable bonds is 20. The van der Waals surface area contributed by atoms with Crippen molar-refractivity contribution in [1.29, 1.82) is 0 Å². The van der Waals surface area contributed by atoms with Crippen LogP contribution in [0.5, 0.6) is 0 Å². The molecule has 8 rings (SSSR count). The van der Waals surface area contributed by atoms with Crippen molar-refractivity contribution < 1.29 is 33.5 Å². The SMILES string of the molecule is CN[C@@H](C)C(=O)N[C@H]1CCCCC2CC[C@@H](C(=O)N[C@@H](c3ccccc3)c3cn(CCOCCn4cc([C@@H](NC(=O)[C@@H]5CCC6CCCC[C@H](NC(=O)[C@H](C)NC)C(=O)N65)c5ccccc5)nn4)nn3)N2C1=O. The fourth-order valence-corrected chi connectivity index (χ4v) is 10.7. The highest BCUT2D eigenvalue weighted by atomic mass is 16.5. The van der Waals surface area contributed by atoms with Crippen LogP contribution in [0.3, 0.4) is 0 Å². The quantitative estimate of drug-likeness (QED) is 0.0695. The lowest BCUT2D eigenvalue weighted by Gasteiger charge is -2.36. The molecule has 21 heteroatoms. The number of aromatic nitrogens is 6. The van der Waals surface area contributed by atoms with Gasteiger partial charge < -0.3 is 46.4 Å². The van der Waals surface area contributed by atoms with E-state index in [0.717, 1.165) is 49.7 Å². The molecule has 0 radical (unpaired) electrons. The summed E-state index contributed by atoms with van der Waals surface area (Å²) in [6, 6.07) is 13.9. The first-order chi connectivity index (χ1) is 35.4. The van der Waals surface area contributed by atoms with Crippen molar-refractivity contribution in [2.24, 2.45) is 0 Å². The molecule has 10 atom stereocenters. The highest BCUT2D eigenvalue weighted by Gasteiger charge is 2.46. The molecule has 2 unspecified atom stereocenters. The average Bonchev–Trinajstić information content (AvgIpc) is 4.25. The number of nitrogens with one attached hydrogen (secondary N) is 6. The normalized spacial score (nSPS) is 23.9. The second-order valence-corrected chi connectivity index (χ2v) is 19.8. The third-order valence-electron chi connectivity index (χ3n) is 15.0. The van der Waals surface area contributed by atoms with Gasteiger partial charge in [-0.05, 0) is 90.4 Å². The van der Waals surface area contributed by atoms with E-state index in [0.29, 0.717) is 76.2 Å². The largest absolute Gasteiger partial charge is 0.378 e. The molecule has 2 aromatic heterocycles. The third kappa shape index (κ3) is 12.8. The van der Waals surface area contributed by atoms with E-state index in [2.05, 4.69) is 52.5 Å². The topological polar surface area (TPSA) is 252 Å². The van der Waals surface area contributed by atoms with Crippen molar-refractivity contribution in [3.63, 3.8) is 0 Å². The summed E-state index contributed by atoms with van der Waals surface area (Å²) in [5, 5.41) is 35.8. The molecule has 73 heavy (non-hydrogen) atoms. The predicted molar refractivity (Wildman–Crippen MR) is 269 cm³/mol. The van der Waals surface area contributed by atoms with Gasteiger partial charge in [-0.3, -0.25) is 28.8 Å². The Bertz CT molecular complexity index is 2340. The zero-order valence-electron chi connectivity index (χ0n) is 42.5. The van der Waals surface area contributed by atoms with E-state index in [4.69, 9.17) is 4.74 Å². The standard InChI is InChI=1S/C52H72N14O7/c1-33(53-3)47(67)55-39-21-13-11-19-37-23-25-43(65(37)51(39)71)49(69)57-45(35-15-7-5-8-16-35)41-31-63(61-59-41)27-29-73-30-28-64-32-42(60-62-64)46(36-17-9-6-10-18-36)58-50(70)44-26-24-38-20-12-14-22-40(52(72)66(38)44)56-48(68)34(2)54-4/h5-10,15-18,31-34,37-40,43-46,53-54H,11-14,19-30H2,1-4H3,(H,55,67)(H,56,68)(H,57,69)(H,58,70)/t33-,34-,37?,38?,39-,40-,43-,44-,45-,46-/m0/s1. The average molecular weight is 1010 g/mol. The molecule has 6 N–H and O–H groups in total. The zero-order valence-corrected chi connectivity index (χ0v) is 42.5. The number of carbonyl (C=O) groups excluding carboxylic acids is 6. The number of carbonyl (C=O) groups is 6. The molecule has 0 spiro atoms. The summed E-state index contributed by atoms with van der Waals surface area (Å²) in [5.74, 6) is -1.50. The van der Waals surface area contributed by atoms with Crippen LogP contribution in [0.4, 0.5) is 0 Å². The summed E-state index contributed by atoms with van der Waals surface area (Å²) in [7, 11) is 3.40. The first-order valence-corrected chi connectivity index (χ1v) is 26.1. The van der Waals surface area contributed by atoms with E-state index >= 15 is 0 Å². The van der Waals surface area contributed by atoms with Crippen molar-refractivity contribution in [2.75, 3.05) is 27.3 Å². The van der Waals surface area contributed by atoms with Gasteiger partial charge >= 0.3 is 0 Å². The van der Waals surface area contributed by atoms with E-state index in [1.807, 2.05) is 60.7 Å². The summed E-state index contributed by atoms with van der Waals surface area (Å²) in [5.41, 5.74) is 2.68. The van der Waals surface area contributed by atoms with Gasteiger partial charge in [0.2, 0.25) is 35.4 Å². The molecule has 0 bridgehead atoms. The molecule has 4 aromatic rings. The Morgan fingerprint density at radius 1 is 0.575 bits per heavy atom. The minimum absolute atomic E-state index is 0.0788. The fourth-order valence-electron chi connectivity index (χ4n) is 10.7. The van der Waals surface area contributed by atoms with Crippen molar-refractivity contribution in [2.45, 2.75) is 164 Å². The van der Waals surface area contributed by atoms with Gasteiger partial charge in [0.05, 0.1) is 62.9 Å². The lowest BCUT2D eigenvalue weighted by molar-refractivity contribution is -0.144. The fraction of sp³-hybridized carbons (Fsp3) is 0.577. The Hall–Kier alpha value is -6.58. The Morgan fingerprint density at radius 3 is 1.37 bits per heavy atom. The van der Waals surface area contributed by atoms with Crippen molar-refractivity contribution in [3.05, 3.63) is 95.6 Å². The molecule has 2 aromatic carbocycles. The van der Waals surface area contributed by atoms with Gasteiger partial charge in [-0.25, -0.2) is 9.36 Å². The summed E-state index contributed by atoms with van der Waals surface area (Å²) in [6.07, 6.45) is 12.1. The molecule has 0 aliphatic carbocycles. The maximum Gasteiger partial charge on any atom is 0.246 e. The second-order valence-electron chi connectivity index (χ2n) is 19.8. The van der Waals surface area contributed by atoms with Crippen LogP contribution in [-0.4, -0.2) is 151 Å². The highest BCUT2D eigenvalue weighted by Crippen LogP contribution is 2.34. The van der Waals surface area contributed by atoms with E-state index in [1.54, 1.807) is 59.5 Å². The van der Waals surface area contributed by atoms with Crippen LogP contribution in [-0.2, 0) is 46.6 Å². The minimum Gasteiger partial charge on any atom is -0.378 e. The van der Waals surface area contributed by atoms with Gasteiger partial charge in [-0.1, -0.05) is 96.8 Å². The molecule has 4 aliphatic rings. The van der Waals surface area contributed by atoms with E-state index < -0.39 is 48.3 Å². The Labute approximate surface area is 426 Å². The highest BCUT2D eigenvalue weighted by molar-refractivity contribution is 5.95. The van der Waals surface area contributed by atoms with Gasteiger partial charge in [0.25, 0.3) is 0 Å². The van der Waals surface area contributed by atoms with Crippen molar-refractivity contribution in [3.8, 4) is 0 Å². The first-order valence-electron chi connectivity index (χ1n) is 26.1. The number of ether oxygens (including phenoxy) is 1. The van der Waals surface area contributed by atoms with Crippen LogP contribution in [0.25, 0.3) is 0 Å². The summed E-state index contributed by atoms with van der Waals surface area (Å²) >= 11 is 0.